The van der Waals surface area contributed by atoms with Gasteiger partial charge in [-0.3, -0.25) is 4.79 Å². The largest absolute Gasteiger partial charge is 0.494 e. The maximum Gasteiger partial charge on any atom is 0.220 e. The summed E-state index contributed by atoms with van der Waals surface area (Å²) in [4.78, 5) is 11.4. The molecule has 1 aromatic rings. The summed E-state index contributed by atoms with van der Waals surface area (Å²) in [5, 5.41) is 2.84. The monoisotopic (exact) mass is 234 g/mol. The lowest BCUT2D eigenvalue weighted by Gasteiger charge is -2.24. The molecule has 1 aliphatic heterocycles. The van der Waals surface area contributed by atoms with E-state index in [9.17, 15) is 4.79 Å². The first-order chi connectivity index (χ1) is 8.20. The summed E-state index contributed by atoms with van der Waals surface area (Å²) >= 11 is 0. The van der Waals surface area contributed by atoms with E-state index >= 15 is 0 Å². The molecule has 4 nitrogen and oxygen atoms in total. The summed E-state index contributed by atoms with van der Waals surface area (Å²) in [6, 6.07) is 5.68. The minimum Gasteiger partial charge on any atom is -0.494 e. The maximum absolute atomic E-state index is 11.4. The van der Waals surface area contributed by atoms with Gasteiger partial charge < -0.3 is 15.8 Å². The lowest BCUT2D eigenvalue weighted by molar-refractivity contribution is -0.122. The summed E-state index contributed by atoms with van der Waals surface area (Å²) in [6.07, 6.45) is 1.49. The molecule has 2 rings (SSSR count). The third kappa shape index (κ3) is 2.70. The predicted octanol–water partition coefficient (Wildman–Crippen LogP) is 1.66. The van der Waals surface area contributed by atoms with Gasteiger partial charge in [0, 0.05) is 24.7 Å². The van der Waals surface area contributed by atoms with E-state index in [0.717, 1.165) is 24.3 Å². The molecule has 1 atom stereocenters. The number of hydrogen-bond donors (Lipinski definition) is 2. The van der Waals surface area contributed by atoms with Gasteiger partial charge in [-0.1, -0.05) is 6.07 Å². The second kappa shape index (κ2) is 5.08. The van der Waals surface area contributed by atoms with Crippen LogP contribution in [-0.4, -0.2) is 19.1 Å². The fourth-order valence-corrected chi connectivity index (χ4v) is 2.22. The van der Waals surface area contributed by atoms with Crippen molar-refractivity contribution in [2.45, 2.75) is 25.7 Å². The van der Waals surface area contributed by atoms with Crippen LogP contribution in [0.25, 0.3) is 0 Å². The molecule has 4 heteroatoms. The SMILES string of the molecule is CCOc1cc(N)ccc1[C@H]1CCNC(=O)C1. The molecule has 0 aromatic heterocycles. The van der Waals surface area contributed by atoms with Gasteiger partial charge in [0.15, 0.2) is 0 Å². The quantitative estimate of drug-likeness (QED) is 0.782. The van der Waals surface area contributed by atoms with Crippen LogP contribution >= 0.6 is 0 Å². The number of nitrogens with two attached hydrogens (primary N) is 1. The van der Waals surface area contributed by atoms with Crippen LogP contribution < -0.4 is 15.8 Å². The van der Waals surface area contributed by atoms with Crippen molar-refractivity contribution < 1.29 is 9.53 Å². The first-order valence-corrected chi connectivity index (χ1v) is 5.99. The molecule has 3 N–H and O–H groups in total. The Bertz CT molecular complexity index is 418. The Hall–Kier alpha value is -1.71. The topological polar surface area (TPSA) is 64.3 Å². The zero-order chi connectivity index (χ0) is 12.3. The van der Waals surface area contributed by atoms with Crippen molar-refractivity contribution in [2.75, 3.05) is 18.9 Å². The molecule has 1 heterocycles. The van der Waals surface area contributed by atoms with E-state index in [2.05, 4.69) is 5.32 Å². The highest BCUT2D eigenvalue weighted by Crippen LogP contribution is 2.34. The van der Waals surface area contributed by atoms with Crippen molar-refractivity contribution in [1.82, 2.24) is 5.32 Å². The van der Waals surface area contributed by atoms with Crippen LogP contribution in [0.3, 0.4) is 0 Å². The Morgan fingerprint density at radius 2 is 2.35 bits per heavy atom. The van der Waals surface area contributed by atoms with E-state index in [1.807, 2.05) is 25.1 Å². The number of benzene rings is 1. The maximum atomic E-state index is 11.4. The van der Waals surface area contributed by atoms with Gasteiger partial charge in [-0.25, -0.2) is 0 Å². The van der Waals surface area contributed by atoms with E-state index in [-0.39, 0.29) is 11.8 Å². The van der Waals surface area contributed by atoms with Crippen molar-refractivity contribution in [3.05, 3.63) is 23.8 Å². The highest BCUT2D eigenvalue weighted by molar-refractivity contribution is 5.78. The molecule has 1 saturated heterocycles. The van der Waals surface area contributed by atoms with Gasteiger partial charge in [0.2, 0.25) is 5.91 Å². The molecule has 1 aromatic carbocycles. The zero-order valence-electron chi connectivity index (χ0n) is 10.0. The Kier molecular flexibility index (Phi) is 3.52. The lowest BCUT2D eigenvalue weighted by Crippen LogP contribution is -2.32. The third-order valence-electron chi connectivity index (χ3n) is 3.02. The van der Waals surface area contributed by atoms with Gasteiger partial charge in [0.05, 0.1) is 6.61 Å². The van der Waals surface area contributed by atoms with Gasteiger partial charge in [0.25, 0.3) is 0 Å². The number of amides is 1. The molecule has 1 fully saturated rings. The number of nitrogens with one attached hydrogen (secondary N) is 1. The van der Waals surface area contributed by atoms with Gasteiger partial charge in [-0.15, -0.1) is 0 Å². The van der Waals surface area contributed by atoms with Crippen molar-refractivity contribution in [1.29, 1.82) is 0 Å². The summed E-state index contributed by atoms with van der Waals surface area (Å²) in [7, 11) is 0. The molecule has 0 unspecified atom stereocenters. The average molecular weight is 234 g/mol. The second-order valence-corrected chi connectivity index (χ2v) is 4.27. The van der Waals surface area contributed by atoms with E-state index in [0.29, 0.717) is 18.7 Å². The Labute approximate surface area is 101 Å². The molecule has 0 saturated carbocycles. The molecule has 0 aliphatic carbocycles. The smallest absolute Gasteiger partial charge is 0.220 e. The van der Waals surface area contributed by atoms with Crippen LogP contribution in [0.1, 0.15) is 31.2 Å². The fraction of sp³-hybridized carbons (Fsp3) is 0.462. The van der Waals surface area contributed by atoms with Crippen LogP contribution in [0, 0.1) is 0 Å². The first kappa shape index (κ1) is 11.8. The predicted molar refractivity (Wildman–Crippen MR) is 67.0 cm³/mol. The molecule has 0 bridgehead atoms. The summed E-state index contributed by atoms with van der Waals surface area (Å²) in [6.45, 7) is 3.29. The number of hydrogen-bond acceptors (Lipinski definition) is 3. The van der Waals surface area contributed by atoms with Crippen LogP contribution in [0.4, 0.5) is 5.69 Å². The number of rotatable bonds is 3. The highest BCUT2D eigenvalue weighted by atomic mass is 16.5. The first-order valence-electron chi connectivity index (χ1n) is 5.99. The van der Waals surface area contributed by atoms with Crippen molar-refractivity contribution >= 4 is 11.6 Å². The number of nitrogen functional groups attached to an aromatic ring is 1. The molecule has 0 radical (unpaired) electrons. The number of anilines is 1. The molecule has 1 amide bonds. The Morgan fingerprint density at radius 3 is 3.06 bits per heavy atom. The van der Waals surface area contributed by atoms with Gasteiger partial charge >= 0.3 is 0 Å². The molecular weight excluding hydrogens is 216 g/mol. The summed E-state index contributed by atoms with van der Waals surface area (Å²) in [5.41, 5.74) is 7.54. The minimum atomic E-state index is 0.112. The van der Waals surface area contributed by atoms with Gasteiger partial charge in [-0.2, -0.15) is 0 Å². The lowest BCUT2D eigenvalue weighted by atomic mass is 9.89. The van der Waals surface area contributed by atoms with Crippen molar-refractivity contribution in [3.8, 4) is 5.75 Å². The van der Waals surface area contributed by atoms with Crippen LogP contribution in [-0.2, 0) is 4.79 Å². The Balaban J connectivity index is 2.26. The minimum absolute atomic E-state index is 0.112. The van der Waals surface area contributed by atoms with E-state index in [1.54, 1.807) is 0 Å². The highest BCUT2D eigenvalue weighted by Gasteiger charge is 2.23. The number of ether oxygens (including phenoxy) is 1. The fourth-order valence-electron chi connectivity index (χ4n) is 2.22. The van der Waals surface area contributed by atoms with Gasteiger partial charge in [0.1, 0.15) is 5.75 Å². The van der Waals surface area contributed by atoms with E-state index in [1.165, 1.54) is 0 Å². The average Bonchev–Trinajstić information content (AvgIpc) is 2.29. The zero-order valence-corrected chi connectivity index (χ0v) is 10.0. The van der Waals surface area contributed by atoms with Crippen molar-refractivity contribution in [3.63, 3.8) is 0 Å². The van der Waals surface area contributed by atoms with Crippen molar-refractivity contribution in [2.24, 2.45) is 0 Å². The summed E-state index contributed by atoms with van der Waals surface area (Å²) < 4.78 is 5.59. The second-order valence-electron chi connectivity index (χ2n) is 4.27. The summed E-state index contributed by atoms with van der Waals surface area (Å²) in [5.74, 6) is 1.17. The van der Waals surface area contributed by atoms with Gasteiger partial charge in [-0.05, 0) is 30.9 Å². The normalized spacial score (nSPS) is 19.8. The molecule has 1 aliphatic rings. The number of carbonyl (C=O) groups is 1. The molecule has 92 valence electrons. The standard InChI is InChI=1S/C13H18N2O2/c1-2-17-12-8-10(14)3-4-11(12)9-5-6-15-13(16)7-9/h3-4,8-9H,2,5-7,14H2,1H3,(H,15,16)/t9-/m0/s1. The van der Waals surface area contributed by atoms with E-state index in [4.69, 9.17) is 10.5 Å². The third-order valence-corrected chi connectivity index (χ3v) is 3.02. The molecule has 0 spiro atoms. The number of carbonyl (C=O) groups excluding carboxylic acids is 1. The number of piperidine rings is 1. The van der Waals surface area contributed by atoms with Crippen LogP contribution in [0.5, 0.6) is 5.75 Å². The van der Waals surface area contributed by atoms with Crippen LogP contribution in [0.15, 0.2) is 18.2 Å². The van der Waals surface area contributed by atoms with Crippen LogP contribution in [0.2, 0.25) is 0 Å². The molecule has 17 heavy (non-hydrogen) atoms. The molecular formula is C13H18N2O2. The van der Waals surface area contributed by atoms with E-state index < -0.39 is 0 Å². The Morgan fingerprint density at radius 1 is 1.53 bits per heavy atom.